The molecule has 1 aliphatic rings. The summed E-state index contributed by atoms with van der Waals surface area (Å²) in [6, 6.07) is 6.77. The van der Waals surface area contributed by atoms with Crippen molar-refractivity contribution in [1.29, 1.82) is 0 Å². The Labute approximate surface area is 102 Å². The molecule has 1 saturated heterocycles. The Kier molecular flexibility index (Phi) is 3.31. The van der Waals surface area contributed by atoms with Gasteiger partial charge in [0.15, 0.2) is 0 Å². The largest absolute Gasteiger partial charge is 0.478 e. The van der Waals surface area contributed by atoms with Crippen LogP contribution in [0.3, 0.4) is 0 Å². The van der Waals surface area contributed by atoms with Crippen LogP contribution in [0.25, 0.3) is 0 Å². The highest BCUT2D eigenvalue weighted by Gasteiger charge is 2.25. The average Bonchev–Trinajstić information content (AvgIpc) is 2.59. The second-order valence-electron chi connectivity index (χ2n) is 4.52. The van der Waals surface area contributed by atoms with Gasteiger partial charge in [-0.15, -0.1) is 0 Å². The molecule has 1 fully saturated rings. The molecule has 0 unspecified atom stereocenters. The van der Waals surface area contributed by atoms with Gasteiger partial charge in [0.2, 0.25) is 0 Å². The van der Waals surface area contributed by atoms with Gasteiger partial charge in [-0.1, -0.05) is 22.3 Å². The van der Waals surface area contributed by atoms with E-state index in [1.165, 1.54) is 0 Å². The van der Waals surface area contributed by atoms with Gasteiger partial charge >= 0.3 is 5.97 Å². The molecule has 5 heteroatoms. The van der Waals surface area contributed by atoms with Gasteiger partial charge in [-0.25, -0.2) is 9.10 Å². The van der Waals surface area contributed by atoms with Crippen LogP contribution >= 0.6 is 0 Å². The van der Waals surface area contributed by atoms with Gasteiger partial charge in [-0.05, 0) is 24.1 Å². The first kappa shape index (κ1) is 12.3. The first-order valence-electron chi connectivity index (χ1n) is 5.63. The van der Waals surface area contributed by atoms with E-state index < -0.39 is 16.1 Å². The van der Waals surface area contributed by atoms with E-state index >= 15 is 0 Å². The van der Waals surface area contributed by atoms with Crippen LogP contribution in [0, 0.1) is 0 Å². The minimum atomic E-state index is -2.13. The third-order valence-electron chi connectivity index (χ3n) is 3.15. The molecule has 1 aromatic carbocycles. The van der Waals surface area contributed by atoms with Gasteiger partial charge in [0.25, 0.3) is 0 Å². The zero-order valence-electron chi connectivity index (χ0n) is 9.80. The maximum atomic E-state index is 12.2. The van der Waals surface area contributed by atoms with Crippen molar-refractivity contribution >= 4 is 16.1 Å². The van der Waals surface area contributed by atoms with Crippen molar-refractivity contribution in [2.45, 2.75) is 13.0 Å². The quantitative estimate of drug-likeness (QED) is 0.797. The molecule has 0 atom stereocenters. The maximum absolute atomic E-state index is 12.2. The normalized spacial score (nSPS) is 21.2. The smallest absolute Gasteiger partial charge is 0.335 e. The lowest BCUT2D eigenvalue weighted by atomic mass is 10.1. The van der Waals surface area contributed by atoms with Crippen molar-refractivity contribution in [3.8, 4) is 0 Å². The number of carbonyl (C=O) groups is 1. The van der Waals surface area contributed by atoms with Crippen LogP contribution in [0.5, 0.6) is 0 Å². The Morgan fingerprint density at radius 3 is 2.53 bits per heavy atom. The standard InChI is InChI=1S/C12H17NO3S/c1-17(16)8-2-7-13(17)9-10-3-5-11(6-4-10)12(14)15/h3-6,17H,2,7-9H2,1H3,(H,14,15). The van der Waals surface area contributed by atoms with Crippen LogP contribution < -0.4 is 0 Å². The predicted octanol–water partition coefficient (Wildman–Crippen LogP) is 1.15. The van der Waals surface area contributed by atoms with Crippen molar-refractivity contribution in [1.82, 2.24) is 4.31 Å². The first-order valence-corrected chi connectivity index (χ1v) is 7.92. The van der Waals surface area contributed by atoms with Gasteiger partial charge < -0.3 is 5.11 Å². The average molecular weight is 255 g/mol. The molecule has 1 aliphatic heterocycles. The van der Waals surface area contributed by atoms with Crippen LogP contribution in [0.4, 0.5) is 0 Å². The van der Waals surface area contributed by atoms with Crippen molar-refractivity contribution in [2.24, 2.45) is 0 Å². The summed E-state index contributed by atoms with van der Waals surface area (Å²) in [6.45, 7) is 1.52. The Morgan fingerprint density at radius 2 is 2.06 bits per heavy atom. The fourth-order valence-corrected chi connectivity index (χ4v) is 4.13. The fourth-order valence-electron chi connectivity index (χ4n) is 2.09. The minimum absolute atomic E-state index is 0.287. The first-order chi connectivity index (χ1) is 7.99. The lowest BCUT2D eigenvalue weighted by Crippen LogP contribution is -2.30. The number of carboxylic acids is 1. The van der Waals surface area contributed by atoms with Crippen molar-refractivity contribution in [3.63, 3.8) is 0 Å². The van der Waals surface area contributed by atoms with E-state index in [2.05, 4.69) is 0 Å². The molecule has 2 rings (SSSR count). The van der Waals surface area contributed by atoms with E-state index in [0.29, 0.717) is 6.54 Å². The monoisotopic (exact) mass is 255 g/mol. The summed E-state index contributed by atoms with van der Waals surface area (Å²) in [7, 11) is -2.13. The SMILES string of the molecule is C[SH]1(=O)CCCN1Cc1ccc(C(=O)O)cc1. The molecule has 0 amide bonds. The van der Waals surface area contributed by atoms with Gasteiger partial charge in [-0.3, -0.25) is 4.21 Å². The van der Waals surface area contributed by atoms with Gasteiger partial charge in [0.1, 0.15) is 0 Å². The Hall–Kier alpha value is -1.20. The zero-order valence-corrected chi connectivity index (χ0v) is 10.7. The van der Waals surface area contributed by atoms with Crippen LogP contribution in [0.2, 0.25) is 0 Å². The molecule has 0 saturated carbocycles. The highest BCUT2D eigenvalue weighted by Crippen LogP contribution is 2.21. The second-order valence-corrected chi connectivity index (χ2v) is 7.63. The van der Waals surface area contributed by atoms with E-state index in [0.717, 1.165) is 24.3 Å². The van der Waals surface area contributed by atoms with E-state index in [4.69, 9.17) is 5.11 Å². The molecule has 1 N–H and O–H groups in total. The number of nitrogens with zero attached hydrogens (tertiary/aromatic N) is 1. The van der Waals surface area contributed by atoms with Gasteiger partial charge in [-0.2, -0.15) is 0 Å². The maximum Gasteiger partial charge on any atom is 0.335 e. The Balaban J connectivity index is 2.09. The molecule has 94 valence electrons. The van der Waals surface area contributed by atoms with Crippen molar-refractivity contribution < 1.29 is 14.1 Å². The number of hydrogen-bond donors (Lipinski definition) is 2. The number of aromatic carboxylic acids is 1. The molecule has 1 heterocycles. The third kappa shape index (κ3) is 2.73. The summed E-state index contributed by atoms with van der Waals surface area (Å²) in [5.41, 5.74) is 1.30. The van der Waals surface area contributed by atoms with Crippen LogP contribution in [-0.2, 0) is 16.7 Å². The molecular formula is C12H17NO3S. The predicted molar refractivity (Wildman–Crippen MR) is 68.8 cm³/mol. The molecule has 0 spiro atoms. The lowest BCUT2D eigenvalue weighted by molar-refractivity contribution is 0.0697. The Bertz CT molecular complexity index is 469. The summed E-state index contributed by atoms with van der Waals surface area (Å²) in [4.78, 5) is 10.7. The molecule has 17 heavy (non-hydrogen) atoms. The second kappa shape index (κ2) is 4.58. The summed E-state index contributed by atoms with van der Waals surface area (Å²) in [5, 5.41) is 8.79. The molecule has 0 radical (unpaired) electrons. The zero-order chi connectivity index (χ0) is 12.5. The number of carboxylic acid groups (broad SMARTS) is 1. The molecule has 0 aromatic heterocycles. The van der Waals surface area contributed by atoms with Gasteiger partial charge in [0.05, 0.1) is 5.56 Å². The Morgan fingerprint density at radius 1 is 1.41 bits per heavy atom. The van der Waals surface area contributed by atoms with E-state index in [9.17, 15) is 9.00 Å². The lowest BCUT2D eigenvalue weighted by Gasteiger charge is -2.25. The number of thiol groups is 1. The number of rotatable bonds is 3. The topological polar surface area (TPSA) is 57.6 Å². The van der Waals surface area contributed by atoms with Crippen LogP contribution in [0.1, 0.15) is 22.3 Å². The summed E-state index contributed by atoms with van der Waals surface area (Å²) in [6.07, 6.45) is 2.81. The molecule has 0 aliphatic carbocycles. The fraction of sp³-hybridized carbons (Fsp3) is 0.417. The highest BCUT2D eigenvalue weighted by molar-refractivity contribution is 8.00. The van der Waals surface area contributed by atoms with E-state index in [1.54, 1.807) is 24.3 Å². The van der Waals surface area contributed by atoms with E-state index in [-0.39, 0.29) is 5.56 Å². The van der Waals surface area contributed by atoms with Crippen LogP contribution in [0.15, 0.2) is 24.3 Å². The highest BCUT2D eigenvalue weighted by atomic mass is 32.3. The van der Waals surface area contributed by atoms with Crippen molar-refractivity contribution in [2.75, 3.05) is 18.6 Å². The third-order valence-corrected chi connectivity index (χ3v) is 5.84. The summed E-state index contributed by atoms with van der Waals surface area (Å²) in [5.74, 6) is -0.126. The summed E-state index contributed by atoms with van der Waals surface area (Å²) < 4.78 is 14.2. The van der Waals surface area contributed by atoms with Gasteiger partial charge in [0, 0.05) is 25.1 Å². The molecule has 4 nitrogen and oxygen atoms in total. The summed E-state index contributed by atoms with van der Waals surface area (Å²) >= 11 is 0. The molecule has 1 aromatic rings. The number of benzene rings is 1. The molecule has 0 bridgehead atoms. The van der Waals surface area contributed by atoms with Crippen LogP contribution in [-0.4, -0.2) is 38.1 Å². The number of hydrogen-bond acceptors (Lipinski definition) is 2. The van der Waals surface area contributed by atoms with Crippen molar-refractivity contribution in [3.05, 3.63) is 35.4 Å². The van der Waals surface area contributed by atoms with E-state index in [1.807, 2.05) is 10.6 Å². The molecular weight excluding hydrogens is 238 g/mol. The minimum Gasteiger partial charge on any atom is -0.478 e.